The van der Waals surface area contributed by atoms with E-state index in [2.05, 4.69) is 5.32 Å². The quantitative estimate of drug-likeness (QED) is 0.925. The normalized spacial score (nSPS) is 22.8. The van der Waals surface area contributed by atoms with Gasteiger partial charge < -0.3 is 15.0 Å². The van der Waals surface area contributed by atoms with E-state index in [0.717, 1.165) is 29.7 Å². The third-order valence-corrected chi connectivity index (χ3v) is 4.62. The molecule has 1 N–H and O–H groups in total. The molecule has 5 nitrogen and oxygen atoms in total. The van der Waals surface area contributed by atoms with Gasteiger partial charge in [0.2, 0.25) is 11.8 Å². The maximum atomic E-state index is 12.3. The number of amides is 2. The van der Waals surface area contributed by atoms with E-state index in [1.807, 2.05) is 32.0 Å². The first kappa shape index (κ1) is 15.0. The van der Waals surface area contributed by atoms with Crippen molar-refractivity contribution in [3.8, 4) is 0 Å². The van der Waals surface area contributed by atoms with Gasteiger partial charge in [-0.15, -0.1) is 0 Å². The highest BCUT2D eigenvalue weighted by Gasteiger charge is 2.42. The molecule has 0 aromatic heterocycles. The summed E-state index contributed by atoms with van der Waals surface area (Å²) in [5, 5.41) is 2.92. The lowest BCUT2D eigenvalue weighted by atomic mass is 9.85. The van der Waals surface area contributed by atoms with Crippen molar-refractivity contribution in [3.63, 3.8) is 0 Å². The highest BCUT2D eigenvalue weighted by Crippen LogP contribution is 2.40. The third kappa shape index (κ3) is 2.39. The van der Waals surface area contributed by atoms with Crippen LogP contribution in [0.1, 0.15) is 37.8 Å². The molecule has 1 fully saturated rings. The summed E-state index contributed by atoms with van der Waals surface area (Å²) in [6.07, 6.45) is 1.43. The Labute approximate surface area is 130 Å². The fourth-order valence-corrected chi connectivity index (χ4v) is 3.22. The summed E-state index contributed by atoms with van der Waals surface area (Å²) in [4.78, 5) is 26.0. The molecule has 2 aliphatic heterocycles. The zero-order valence-electron chi connectivity index (χ0n) is 13.3. The molecule has 0 bridgehead atoms. The van der Waals surface area contributed by atoms with Crippen molar-refractivity contribution >= 4 is 17.5 Å². The Hall–Kier alpha value is -1.88. The Kier molecular flexibility index (Phi) is 3.68. The fourth-order valence-electron chi connectivity index (χ4n) is 3.22. The summed E-state index contributed by atoms with van der Waals surface area (Å²) in [6.45, 7) is 5.00. The van der Waals surface area contributed by atoms with Crippen LogP contribution in [0.25, 0.3) is 0 Å². The lowest BCUT2D eigenvalue weighted by Gasteiger charge is -2.17. The van der Waals surface area contributed by atoms with E-state index < -0.39 is 5.41 Å². The molecule has 1 saturated heterocycles. The molecular weight excluding hydrogens is 280 g/mol. The molecule has 22 heavy (non-hydrogen) atoms. The molecule has 1 aromatic rings. The SMILES string of the molecule is CN1C(=O)C(C)(C)c2cc(CNC(=O)C3CCCO3)ccc21. The Morgan fingerprint density at radius 3 is 2.91 bits per heavy atom. The number of benzene rings is 1. The van der Waals surface area contributed by atoms with Gasteiger partial charge in [0.15, 0.2) is 0 Å². The highest BCUT2D eigenvalue weighted by atomic mass is 16.5. The molecule has 5 heteroatoms. The highest BCUT2D eigenvalue weighted by molar-refractivity contribution is 6.07. The second-order valence-corrected chi connectivity index (χ2v) is 6.56. The summed E-state index contributed by atoms with van der Waals surface area (Å²) in [6, 6.07) is 5.93. The first-order valence-corrected chi connectivity index (χ1v) is 7.72. The number of ether oxygens (including phenoxy) is 1. The fraction of sp³-hybridized carbons (Fsp3) is 0.529. The predicted octanol–water partition coefficient (Wildman–Crippen LogP) is 1.74. The smallest absolute Gasteiger partial charge is 0.249 e. The maximum Gasteiger partial charge on any atom is 0.249 e. The molecule has 2 aliphatic rings. The molecule has 1 aromatic carbocycles. The van der Waals surface area contributed by atoms with Crippen molar-refractivity contribution in [2.24, 2.45) is 0 Å². The molecular formula is C17H22N2O3. The van der Waals surface area contributed by atoms with Crippen LogP contribution in [-0.4, -0.2) is 31.6 Å². The van der Waals surface area contributed by atoms with Crippen LogP contribution in [0.15, 0.2) is 18.2 Å². The molecule has 2 amide bonds. The minimum absolute atomic E-state index is 0.0505. The van der Waals surface area contributed by atoms with Gasteiger partial charge in [0, 0.05) is 25.9 Å². The second-order valence-electron chi connectivity index (χ2n) is 6.56. The number of hydrogen-bond donors (Lipinski definition) is 1. The third-order valence-electron chi connectivity index (χ3n) is 4.62. The molecule has 0 saturated carbocycles. The van der Waals surface area contributed by atoms with E-state index in [9.17, 15) is 9.59 Å². The average molecular weight is 302 g/mol. The van der Waals surface area contributed by atoms with Crippen LogP contribution in [0, 0.1) is 0 Å². The van der Waals surface area contributed by atoms with E-state index in [-0.39, 0.29) is 17.9 Å². The first-order chi connectivity index (χ1) is 10.4. The van der Waals surface area contributed by atoms with E-state index in [1.165, 1.54) is 0 Å². The van der Waals surface area contributed by atoms with Crippen LogP contribution in [0.2, 0.25) is 0 Å². The summed E-state index contributed by atoms with van der Waals surface area (Å²) < 4.78 is 5.38. The monoisotopic (exact) mass is 302 g/mol. The van der Waals surface area contributed by atoms with Crippen molar-refractivity contribution in [1.82, 2.24) is 5.32 Å². The molecule has 118 valence electrons. The molecule has 2 heterocycles. The van der Waals surface area contributed by atoms with E-state index in [1.54, 1.807) is 11.9 Å². The first-order valence-electron chi connectivity index (χ1n) is 7.72. The van der Waals surface area contributed by atoms with Crippen LogP contribution in [0.3, 0.4) is 0 Å². The molecule has 0 radical (unpaired) electrons. The molecule has 3 rings (SSSR count). The molecule has 0 aliphatic carbocycles. The van der Waals surface area contributed by atoms with Gasteiger partial charge in [-0.3, -0.25) is 9.59 Å². The maximum absolute atomic E-state index is 12.3. The van der Waals surface area contributed by atoms with E-state index >= 15 is 0 Å². The number of nitrogens with zero attached hydrogens (tertiary/aromatic N) is 1. The van der Waals surface area contributed by atoms with Crippen molar-refractivity contribution < 1.29 is 14.3 Å². The lowest BCUT2D eigenvalue weighted by molar-refractivity contribution is -0.130. The predicted molar refractivity (Wildman–Crippen MR) is 83.7 cm³/mol. The summed E-state index contributed by atoms with van der Waals surface area (Å²) in [5.41, 5.74) is 2.45. The van der Waals surface area contributed by atoms with Crippen LogP contribution in [-0.2, 0) is 26.3 Å². The number of carbonyl (C=O) groups is 2. The van der Waals surface area contributed by atoms with Gasteiger partial charge in [-0.25, -0.2) is 0 Å². The van der Waals surface area contributed by atoms with Crippen LogP contribution >= 0.6 is 0 Å². The zero-order valence-corrected chi connectivity index (χ0v) is 13.3. The van der Waals surface area contributed by atoms with Gasteiger partial charge in [0.1, 0.15) is 6.10 Å². The van der Waals surface area contributed by atoms with Crippen LogP contribution < -0.4 is 10.2 Å². The van der Waals surface area contributed by atoms with Gasteiger partial charge in [0.25, 0.3) is 0 Å². The summed E-state index contributed by atoms with van der Waals surface area (Å²) in [7, 11) is 1.80. The largest absolute Gasteiger partial charge is 0.368 e. The van der Waals surface area contributed by atoms with Gasteiger partial charge in [-0.1, -0.05) is 12.1 Å². The molecule has 1 unspecified atom stereocenters. The Morgan fingerprint density at radius 1 is 1.45 bits per heavy atom. The minimum atomic E-state index is -0.515. The van der Waals surface area contributed by atoms with Crippen LogP contribution in [0.5, 0.6) is 0 Å². The molecule has 0 spiro atoms. The number of hydrogen-bond acceptors (Lipinski definition) is 3. The van der Waals surface area contributed by atoms with E-state index in [4.69, 9.17) is 4.74 Å². The number of carbonyl (C=O) groups excluding carboxylic acids is 2. The van der Waals surface area contributed by atoms with Crippen molar-refractivity contribution in [3.05, 3.63) is 29.3 Å². The van der Waals surface area contributed by atoms with Gasteiger partial charge in [-0.2, -0.15) is 0 Å². The summed E-state index contributed by atoms with van der Waals surface area (Å²) >= 11 is 0. The zero-order chi connectivity index (χ0) is 15.9. The van der Waals surface area contributed by atoms with E-state index in [0.29, 0.717) is 13.2 Å². The second kappa shape index (κ2) is 5.39. The number of rotatable bonds is 3. The van der Waals surface area contributed by atoms with Gasteiger partial charge in [0.05, 0.1) is 5.41 Å². The minimum Gasteiger partial charge on any atom is -0.368 e. The Bertz CT molecular complexity index is 618. The van der Waals surface area contributed by atoms with Gasteiger partial charge >= 0.3 is 0 Å². The topological polar surface area (TPSA) is 58.6 Å². The van der Waals surface area contributed by atoms with Crippen molar-refractivity contribution in [2.75, 3.05) is 18.6 Å². The Balaban J connectivity index is 1.73. The number of likely N-dealkylation sites (N-methyl/N-ethyl adjacent to an activating group) is 1. The number of fused-ring (bicyclic) bond motifs is 1. The average Bonchev–Trinajstić information content (AvgIpc) is 3.09. The number of anilines is 1. The number of nitrogens with one attached hydrogen (secondary N) is 1. The molecule has 1 atom stereocenters. The van der Waals surface area contributed by atoms with Gasteiger partial charge in [-0.05, 0) is 43.9 Å². The standard InChI is InChI=1S/C17H22N2O3/c1-17(2)12-9-11(6-7-13(12)19(3)16(17)21)10-18-15(20)14-5-4-8-22-14/h6-7,9,14H,4-5,8,10H2,1-3H3,(H,18,20). The summed E-state index contributed by atoms with van der Waals surface area (Å²) in [5.74, 6) is 0.0495. The van der Waals surface area contributed by atoms with Crippen molar-refractivity contribution in [2.45, 2.75) is 44.8 Å². The Morgan fingerprint density at radius 2 is 2.23 bits per heavy atom. The lowest BCUT2D eigenvalue weighted by Crippen LogP contribution is -2.34. The van der Waals surface area contributed by atoms with Crippen LogP contribution in [0.4, 0.5) is 5.69 Å². The van der Waals surface area contributed by atoms with Crippen molar-refractivity contribution in [1.29, 1.82) is 0 Å².